The zero-order valence-electron chi connectivity index (χ0n) is 16.7. The third-order valence-electron chi connectivity index (χ3n) is 5.29. The number of piperazine rings is 1. The molecule has 1 aliphatic rings. The lowest BCUT2D eigenvalue weighted by atomic mass is 10.1. The number of methoxy groups -OCH3 is 1. The zero-order valence-corrected chi connectivity index (χ0v) is 18.4. The van der Waals surface area contributed by atoms with Gasteiger partial charge in [-0.05, 0) is 47.8 Å². The lowest BCUT2D eigenvalue weighted by Gasteiger charge is -2.39. The van der Waals surface area contributed by atoms with E-state index >= 15 is 0 Å². The molecule has 7 nitrogen and oxygen atoms in total. The highest BCUT2D eigenvalue weighted by Crippen LogP contribution is 2.26. The van der Waals surface area contributed by atoms with Crippen molar-refractivity contribution in [1.29, 1.82) is 0 Å². The van der Waals surface area contributed by atoms with Gasteiger partial charge in [-0.3, -0.25) is 4.90 Å². The molecule has 1 saturated heterocycles. The first-order valence-corrected chi connectivity index (χ1v) is 12.1. The molecule has 3 aromatic rings. The zero-order chi connectivity index (χ0) is 21.0. The van der Waals surface area contributed by atoms with Gasteiger partial charge in [0.25, 0.3) is 0 Å². The van der Waals surface area contributed by atoms with Crippen LogP contribution in [-0.4, -0.2) is 53.2 Å². The Bertz CT molecular complexity index is 1010. The Morgan fingerprint density at radius 3 is 2.47 bits per heavy atom. The van der Waals surface area contributed by atoms with Gasteiger partial charge in [0.05, 0.1) is 19.4 Å². The largest absolute Gasteiger partial charge is 0.497 e. The summed E-state index contributed by atoms with van der Waals surface area (Å²) in [6.07, 6.45) is 1.63. The van der Waals surface area contributed by atoms with Crippen molar-refractivity contribution in [1.82, 2.24) is 9.62 Å². The van der Waals surface area contributed by atoms with Crippen LogP contribution in [0.1, 0.15) is 11.8 Å². The van der Waals surface area contributed by atoms with Crippen LogP contribution in [0.4, 0.5) is 5.69 Å². The minimum atomic E-state index is -3.52. The van der Waals surface area contributed by atoms with Crippen LogP contribution in [0.2, 0.25) is 0 Å². The summed E-state index contributed by atoms with van der Waals surface area (Å²) in [5.41, 5.74) is 1.16. The fourth-order valence-corrected chi connectivity index (χ4v) is 5.73. The first-order valence-electron chi connectivity index (χ1n) is 9.76. The van der Waals surface area contributed by atoms with Crippen molar-refractivity contribution < 1.29 is 17.6 Å². The van der Waals surface area contributed by atoms with Crippen molar-refractivity contribution in [3.63, 3.8) is 0 Å². The molecule has 3 heterocycles. The van der Waals surface area contributed by atoms with Gasteiger partial charge in [0, 0.05) is 38.4 Å². The standard InChI is InChI=1S/C21H25N3O4S2/c1-27-18-8-6-17(7-9-18)23-10-12-24(13-11-23)19(20-4-2-14-28-20)16-22-30(25,26)21-5-3-15-29-21/h2-9,14-15,19,22H,10-13,16H2,1H3/t19-/m1/s1. The van der Waals surface area contributed by atoms with E-state index in [0.29, 0.717) is 4.21 Å². The van der Waals surface area contributed by atoms with E-state index < -0.39 is 10.0 Å². The van der Waals surface area contributed by atoms with E-state index in [0.717, 1.165) is 43.4 Å². The molecule has 2 aromatic heterocycles. The molecule has 30 heavy (non-hydrogen) atoms. The molecule has 0 saturated carbocycles. The van der Waals surface area contributed by atoms with E-state index in [9.17, 15) is 8.42 Å². The number of thiophene rings is 1. The molecule has 1 aliphatic heterocycles. The van der Waals surface area contributed by atoms with E-state index in [2.05, 4.69) is 26.7 Å². The van der Waals surface area contributed by atoms with E-state index in [-0.39, 0.29) is 12.6 Å². The molecule has 1 aromatic carbocycles. The molecule has 0 radical (unpaired) electrons. The predicted octanol–water partition coefficient (Wildman–Crippen LogP) is 3.19. The molecule has 160 valence electrons. The number of anilines is 1. The van der Waals surface area contributed by atoms with Crippen molar-refractivity contribution >= 4 is 27.0 Å². The summed E-state index contributed by atoms with van der Waals surface area (Å²) in [6, 6.07) is 15.0. The SMILES string of the molecule is COc1ccc(N2CCN([C@H](CNS(=O)(=O)c3cccs3)c3ccco3)CC2)cc1. The Labute approximate surface area is 180 Å². The van der Waals surface area contributed by atoms with Crippen molar-refractivity contribution in [3.05, 3.63) is 65.9 Å². The summed E-state index contributed by atoms with van der Waals surface area (Å²) in [4.78, 5) is 4.60. The fourth-order valence-electron chi connectivity index (χ4n) is 3.65. The number of furan rings is 1. The van der Waals surface area contributed by atoms with E-state index in [1.165, 1.54) is 11.3 Å². The van der Waals surface area contributed by atoms with Gasteiger partial charge in [-0.25, -0.2) is 13.1 Å². The summed E-state index contributed by atoms with van der Waals surface area (Å²) in [5.74, 6) is 1.61. The maximum Gasteiger partial charge on any atom is 0.250 e. The minimum absolute atomic E-state index is 0.159. The van der Waals surface area contributed by atoms with Crippen LogP contribution in [0.25, 0.3) is 0 Å². The van der Waals surface area contributed by atoms with Crippen LogP contribution in [0, 0.1) is 0 Å². The molecule has 0 amide bonds. The lowest BCUT2D eigenvalue weighted by molar-refractivity contribution is 0.166. The van der Waals surface area contributed by atoms with Crippen LogP contribution >= 0.6 is 11.3 Å². The van der Waals surface area contributed by atoms with Gasteiger partial charge in [-0.1, -0.05) is 6.07 Å². The van der Waals surface area contributed by atoms with Crippen LogP contribution in [0.3, 0.4) is 0 Å². The Morgan fingerprint density at radius 2 is 1.87 bits per heavy atom. The highest BCUT2D eigenvalue weighted by Gasteiger charge is 2.28. The second kappa shape index (κ2) is 9.22. The van der Waals surface area contributed by atoms with Crippen molar-refractivity contribution in [2.24, 2.45) is 0 Å². The molecule has 1 N–H and O–H groups in total. The van der Waals surface area contributed by atoms with Crippen molar-refractivity contribution in [2.45, 2.75) is 10.3 Å². The Hall–Kier alpha value is -2.33. The summed E-state index contributed by atoms with van der Waals surface area (Å²) >= 11 is 1.21. The number of nitrogens with one attached hydrogen (secondary N) is 1. The maximum absolute atomic E-state index is 12.6. The van der Waals surface area contributed by atoms with Crippen LogP contribution in [0.15, 0.2) is 68.8 Å². The molecule has 1 atom stereocenters. The molecule has 0 aliphatic carbocycles. The van der Waals surface area contributed by atoms with Gasteiger partial charge in [0.2, 0.25) is 10.0 Å². The maximum atomic E-state index is 12.6. The molecule has 0 unspecified atom stereocenters. The van der Waals surface area contributed by atoms with Gasteiger partial charge in [-0.2, -0.15) is 0 Å². The first-order chi connectivity index (χ1) is 14.6. The number of nitrogens with zero attached hydrogens (tertiary/aromatic N) is 2. The second-order valence-corrected chi connectivity index (χ2v) is 9.98. The predicted molar refractivity (Wildman–Crippen MR) is 118 cm³/mol. The highest BCUT2D eigenvalue weighted by atomic mass is 32.2. The van der Waals surface area contributed by atoms with Gasteiger partial charge in [-0.15, -0.1) is 11.3 Å². The Morgan fingerprint density at radius 1 is 1.10 bits per heavy atom. The van der Waals surface area contributed by atoms with Crippen LogP contribution < -0.4 is 14.4 Å². The Balaban J connectivity index is 1.42. The van der Waals surface area contributed by atoms with Gasteiger partial charge >= 0.3 is 0 Å². The minimum Gasteiger partial charge on any atom is -0.497 e. The summed E-state index contributed by atoms with van der Waals surface area (Å²) in [5, 5.41) is 1.76. The van der Waals surface area contributed by atoms with E-state index in [1.807, 2.05) is 24.3 Å². The molecule has 4 rings (SSSR count). The smallest absolute Gasteiger partial charge is 0.250 e. The van der Waals surface area contributed by atoms with Gasteiger partial charge < -0.3 is 14.1 Å². The quantitative estimate of drug-likeness (QED) is 0.572. The molecular formula is C21H25N3O4S2. The highest BCUT2D eigenvalue weighted by molar-refractivity contribution is 7.91. The molecule has 0 bridgehead atoms. The normalized spacial score (nSPS) is 16.5. The van der Waals surface area contributed by atoms with Gasteiger partial charge in [0.1, 0.15) is 15.7 Å². The monoisotopic (exact) mass is 447 g/mol. The molecule has 9 heteroatoms. The lowest BCUT2D eigenvalue weighted by Crippen LogP contribution is -2.49. The fraction of sp³-hybridized carbons (Fsp3) is 0.333. The number of sulfonamides is 1. The number of benzene rings is 1. The molecular weight excluding hydrogens is 422 g/mol. The van der Waals surface area contributed by atoms with Crippen molar-refractivity contribution in [2.75, 3.05) is 44.7 Å². The Kier molecular flexibility index (Phi) is 6.43. The van der Waals surface area contributed by atoms with Crippen LogP contribution in [-0.2, 0) is 10.0 Å². The number of hydrogen-bond acceptors (Lipinski definition) is 7. The summed E-state index contributed by atoms with van der Waals surface area (Å²) < 4.78 is 39.1. The third kappa shape index (κ3) is 4.70. The number of hydrogen-bond donors (Lipinski definition) is 1. The summed E-state index contributed by atoms with van der Waals surface area (Å²) in [6.45, 7) is 3.56. The van der Waals surface area contributed by atoms with Crippen molar-refractivity contribution in [3.8, 4) is 5.75 Å². The van der Waals surface area contributed by atoms with Crippen LogP contribution in [0.5, 0.6) is 5.75 Å². The number of ether oxygens (including phenoxy) is 1. The second-order valence-electron chi connectivity index (χ2n) is 7.04. The van der Waals surface area contributed by atoms with E-state index in [4.69, 9.17) is 9.15 Å². The van der Waals surface area contributed by atoms with Gasteiger partial charge in [0.15, 0.2) is 0 Å². The van der Waals surface area contributed by atoms with E-state index in [1.54, 1.807) is 30.9 Å². The summed E-state index contributed by atoms with van der Waals surface area (Å²) in [7, 11) is -1.86. The average molecular weight is 448 g/mol. The average Bonchev–Trinajstić information content (AvgIpc) is 3.49. The molecule has 1 fully saturated rings. The topological polar surface area (TPSA) is 75.0 Å². The first kappa shape index (κ1) is 20.9. The molecule has 0 spiro atoms. The number of rotatable bonds is 8. The third-order valence-corrected chi connectivity index (χ3v) is 8.11.